The summed E-state index contributed by atoms with van der Waals surface area (Å²) in [4.78, 5) is 43.0. The Morgan fingerprint density at radius 3 is 1.75 bits per heavy atom. The lowest BCUT2D eigenvalue weighted by atomic mass is 9.86. The van der Waals surface area contributed by atoms with Gasteiger partial charge in [-0.05, 0) is 43.7 Å². The molecule has 3 aromatic carbocycles. The van der Waals surface area contributed by atoms with Crippen molar-refractivity contribution in [3.05, 3.63) is 90.9 Å². The van der Waals surface area contributed by atoms with Gasteiger partial charge in [0.25, 0.3) is 17.7 Å². The molecule has 36 heavy (non-hydrogen) atoms. The van der Waals surface area contributed by atoms with Crippen LogP contribution in [0.3, 0.4) is 0 Å². The standard InChI is InChI=1S/C26H18Cl4N2O4/c1-3-36-15-10-6-13(7-11-15)22-23(26(35)31(22)14-8-4-12(2)5-9-14)32-24(33)16-17(25(32)34)19(28)21(30)20(29)18(16)27/h4-11,22-23H,3H2,1-2H3. The molecule has 0 aliphatic carbocycles. The lowest BCUT2D eigenvalue weighted by molar-refractivity contribution is -0.130. The quantitative estimate of drug-likeness (QED) is 0.149. The number of ether oxygens (including phenoxy) is 1. The Bertz CT molecular complexity index is 1380. The second-order valence-corrected chi connectivity index (χ2v) is 9.93. The zero-order valence-electron chi connectivity index (χ0n) is 19.0. The number of rotatable bonds is 5. The molecule has 2 atom stereocenters. The molecule has 1 fully saturated rings. The maximum Gasteiger partial charge on any atom is 0.264 e. The fraction of sp³-hybridized carbons (Fsp3) is 0.192. The highest BCUT2D eigenvalue weighted by Gasteiger charge is 2.58. The first kappa shape index (κ1) is 24.9. The number of hydrogen-bond acceptors (Lipinski definition) is 4. The average molecular weight is 564 g/mol. The minimum Gasteiger partial charge on any atom is -0.494 e. The molecule has 0 spiro atoms. The SMILES string of the molecule is CCOc1ccc(C2C(N3C(=O)c4c(Cl)c(Cl)c(Cl)c(Cl)c4C3=O)C(=O)N2c2ccc(C)cc2)cc1. The Hall–Kier alpha value is -2.77. The van der Waals surface area contributed by atoms with Gasteiger partial charge < -0.3 is 9.64 Å². The topological polar surface area (TPSA) is 66.9 Å². The van der Waals surface area contributed by atoms with Crippen LogP contribution in [-0.2, 0) is 4.79 Å². The zero-order chi connectivity index (χ0) is 25.9. The molecule has 0 bridgehead atoms. The maximum atomic E-state index is 13.6. The van der Waals surface area contributed by atoms with Crippen molar-refractivity contribution < 1.29 is 19.1 Å². The number of amides is 3. The molecule has 2 heterocycles. The van der Waals surface area contributed by atoms with E-state index in [0.29, 0.717) is 23.6 Å². The van der Waals surface area contributed by atoms with Crippen LogP contribution < -0.4 is 9.64 Å². The first-order valence-electron chi connectivity index (χ1n) is 11.0. The van der Waals surface area contributed by atoms with E-state index in [0.717, 1.165) is 10.5 Å². The number of carbonyl (C=O) groups excluding carboxylic acids is 3. The predicted molar refractivity (Wildman–Crippen MR) is 140 cm³/mol. The van der Waals surface area contributed by atoms with Crippen molar-refractivity contribution in [2.75, 3.05) is 11.5 Å². The Morgan fingerprint density at radius 2 is 1.25 bits per heavy atom. The fourth-order valence-corrected chi connectivity index (χ4v) is 5.61. The number of halogens is 4. The van der Waals surface area contributed by atoms with Crippen LogP contribution >= 0.6 is 46.4 Å². The average Bonchev–Trinajstić information content (AvgIpc) is 3.12. The van der Waals surface area contributed by atoms with E-state index in [1.807, 2.05) is 50.2 Å². The van der Waals surface area contributed by atoms with E-state index >= 15 is 0 Å². The third-order valence-electron chi connectivity index (χ3n) is 6.32. The van der Waals surface area contributed by atoms with Crippen LogP contribution in [0, 0.1) is 6.92 Å². The molecule has 0 radical (unpaired) electrons. The summed E-state index contributed by atoms with van der Waals surface area (Å²) >= 11 is 24.9. The maximum absolute atomic E-state index is 13.6. The van der Waals surface area contributed by atoms with Crippen LogP contribution in [-0.4, -0.2) is 35.3 Å². The van der Waals surface area contributed by atoms with E-state index in [2.05, 4.69) is 0 Å². The van der Waals surface area contributed by atoms with Gasteiger partial charge in [-0.2, -0.15) is 0 Å². The molecule has 1 saturated heterocycles. The van der Waals surface area contributed by atoms with Gasteiger partial charge in [0, 0.05) is 5.69 Å². The number of aryl methyl sites for hydroxylation is 1. The zero-order valence-corrected chi connectivity index (χ0v) is 22.0. The van der Waals surface area contributed by atoms with Crippen LogP contribution in [0.4, 0.5) is 5.69 Å². The third kappa shape index (κ3) is 3.67. The monoisotopic (exact) mass is 562 g/mol. The summed E-state index contributed by atoms with van der Waals surface area (Å²) in [6.45, 7) is 4.32. The minimum atomic E-state index is -1.12. The molecular formula is C26H18Cl4N2O4. The molecule has 2 aliphatic rings. The molecule has 10 heteroatoms. The summed E-state index contributed by atoms with van der Waals surface area (Å²) in [6, 6.07) is 12.8. The van der Waals surface area contributed by atoms with Gasteiger partial charge in [-0.1, -0.05) is 76.2 Å². The largest absolute Gasteiger partial charge is 0.494 e. The second-order valence-electron chi connectivity index (χ2n) is 8.42. The number of fused-ring (bicyclic) bond motifs is 1. The molecule has 2 unspecified atom stereocenters. The molecular weight excluding hydrogens is 546 g/mol. The highest BCUT2D eigenvalue weighted by atomic mass is 35.5. The number of hydrogen-bond donors (Lipinski definition) is 0. The van der Waals surface area contributed by atoms with Crippen molar-refractivity contribution in [2.45, 2.75) is 25.9 Å². The number of β-lactam (4-membered cyclic amide) rings is 1. The first-order chi connectivity index (χ1) is 17.2. The lowest BCUT2D eigenvalue weighted by Gasteiger charge is -2.49. The highest BCUT2D eigenvalue weighted by molar-refractivity contribution is 6.55. The third-order valence-corrected chi connectivity index (χ3v) is 8.13. The number of benzene rings is 3. The normalized spacial score (nSPS) is 19.0. The Labute approximate surface area is 227 Å². The van der Waals surface area contributed by atoms with E-state index in [1.165, 1.54) is 0 Å². The summed E-state index contributed by atoms with van der Waals surface area (Å²) in [5.74, 6) is -1.26. The first-order valence-corrected chi connectivity index (χ1v) is 12.5. The van der Waals surface area contributed by atoms with Crippen molar-refractivity contribution in [2.24, 2.45) is 0 Å². The number of anilines is 1. The molecule has 184 valence electrons. The molecule has 0 saturated carbocycles. The predicted octanol–water partition coefficient (Wildman–Crippen LogP) is 6.76. The van der Waals surface area contributed by atoms with Gasteiger partial charge in [-0.25, -0.2) is 0 Å². The summed E-state index contributed by atoms with van der Waals surface area (Å²) in [5, 5.41) is -0.618. The van der Waals surface area contributed by atoms with E-state index < -0.39 is 29.8 Å². The summed E-state index contributed by atoms with van der Waals surface area (Å²) in [7, 11) is 0. The van der Waals surface area contributed by atoms with Crippen LogP contribution in [0.2, 0.25) is 20.1 Å². The van der Waals surface area contributed by atoms with Crippen LogP contribution in [0.5, 0.6) is 5.75 Å². The van der Waals surface area contributed by atoms with Gasteiger partial charge in [0.05, 0.1) is 43.9 Å². The molecule has 5 rings (SSSR count). The molecule has 2 aliphatic heterocycles. The second kappa shape index (κ2) is 9.27. The van der Waals surface area contributed by atoms with E-state index in [1.54, 1.807) is 17.0 Å². The van der Waals surface area contributed by atoms with Gasteiger partial charge in [-0.3, -0.25) is 19.3 Å². The number of imide groups is 1. The summed E-state index contributed by atoms with van der Waals surface area (Å²) in [6.07, 6.45) is 0. The molecule has 6 nitrogen and oxygen atoms in total. The van der Waals surface area contributed by atoms with Crippen LogP contribution in [0.1, 0.15) is 44.8 Å². The Kier molecular flexibility index (Phi) is 6.41. The Morgan fingerprint density at radius 1 is 0.722 bits per heavy atom. The van der Waals surface area contributed by atoms with Gasteiger partial charge in [0.1, 0.15) is 11.8 Å². The van der Waals surface area contributed by atoms with Gasteiger partial charge in [0.15, 0.2) is 0 Å². The minimum absolute atomic E-state index is 0.130. The number of nitrogens with zero attached hydrogens (tertiary/aromatic N) is 2. The van der Waals surface area contributed by atoms with E-state index in [4.69, 9.17) is 51.1 Å². The van der Waals surface area contributed by atoms with Crippen molar-refractivity contribution in [1.29, 1.82) is 0 Å². The van der Waals surface area contributed by atoms with Gasteiger partial charge >= 0.3 is 0 Å². The summed E-state index contributed by atoms with van der Waals surface area (Å²) < 4.78 is 5.54. The molecule has 3 amide bonds. The van der Waals surface area contributed by atoms with Gasteiger partial charge in [0.2, 0.25) is 0 Å². The Balaban J connectivity index is 1.60. The summed E-state index contributed by atoms with van der Waals surface area (Å²) in [5.41, 5.74) is 2.06. The fourth-order valence-electron chi connectivity index (χ4n) is 4.60. The smallest absolute Gasteiger partial charge is 0.264 e. The van der Waals surface area contributed by atoms with Crippen LogP contribution in [0.15, 0.2) is 48.5 Å². The van der Waals surface area contributed by atoms with Crippen molar-refractivity contribution >= 4 is 69.8 Å². The number of carbonyl (C=O) groups is 3. The molecule has 0 aromatic heterocycles. The van der Waals surface area contributed by atoms with E-state index in [-0.39, 0.29) is 31.2 Å². The highest BCUT2D eigenvalue weighted by Crippen LogP contribution is 2.49. The van der Waals surface area contributed by atoms with Crippen LogP contribution in [0.25, 0.3) is 0 Å². The lowest BCUT2D eigenvalue weighted by Crippen LogP contribution is -2.67. The van der Waals surface area contributed by atoms with E-state index in [9.17, 15) is 14.4 Å². The molecule has 0 N–H and O–H groups in total. The van der Waals surface area contributed by atoms with Crippen molar-refractivity contribution in [3.63, 3.8) is 0 Å². The van der Waals surface area contributed by atoms with Crippen molar-refractivity contribution in [1.82, 2.24) is 4.90 Å². The van der Waals surface area contributed by atoms with Gasteiger partial charge in [-0.15, -0.1) is 0 Å². The molecule has 3 aromatic rings. The van der Waals surface area contributed by atoms with Crippen molar-refractivity contribution in [3.8, 4) is 5.75 Å².